The third-order valence-corrected chi connectivity index (χ3v) is 4.56. The second-order valence-corrected chi connectivity index (χ2v) is 6.08. The van der Waals surface area contributed by atoms with Crippen molar-refractivity contribution in [2.45, 2.75) is 69.9 Å². The second-order valence-electron chi connectivity index (χ2n) is 6.08. The number of carboxylic acids is 1. The molecule has 0 aromatic rings. The smallest absolute Gasteiger partial charge is 0.303 e. The van der Waals surface area contributed by atoms with Gasteiger partial charge in [-0.2, -0.15) is 0 Å². The molecule has 2 rings (SSSR count). The summed E-state index contributed by atoms with van der Waals surface area (Å²) >= 11 is 0. The van der Waals surface area contributed by atoms with Crippen LogP contribution in [0.25, 0.3) is 0 Å². The normalized spacial score (nSPS) is 27.7. The van der Waals surface area contributed by atoms with E-state index in [-0.39, 0.29) is 6.42 Å². The Morgan fingerprint density at radius 3 is 2.58 bits per heavy atom. The highest BCUT2D eigenvalue weighted by molar-refractivity contribution is 5.66. The van der Waals surface area contributed by atoms with Crippen LogP contribution in [0, 0.1) is 0 Å². The maximum absolute atomic E-state index is 10.7. The van der Waals surface area contributed by atoms with E-state index in [9.17, 15) is 4.79 Å². The van der Waals surface area contributed by atoms with Crippen LogP contribution in [0.4, 0.5) is 0 Å². The molecule has 2 fully saturated rings. The van der Waals surface area contributed by atoms with Crippen LogP contribution < -0.4 is 5.32 Å². The molecule has 4 nitrogen and oxygen atoms in total. The van der Waals surface area contributed by atoms with Crippen LogP contribution in [0.5, 0.6) is 0 Å². The Morgan fingerprint density at radius 1 is 1.16 bits per heavy atom. The first kappa shape index (κ1) is 14.8. The Morgan fingerprint density at radius 2 is 1.89 bits per heavy atom. The van der Waals surface area contributed by atoms with Gasteiger partial charge in [0.2, 0.25) is 0 Å². The predicted octanol–water partition coefficient (Wildman–Crippen LogP) is 2.24. The molecule has 2 aliphatic rings. The van der Waals surface area contributed by atoms with E-state index in [1.54, 1.807) is 0 Å². The predicted molar refractivity (Wildman–Crippen MR) is 76.3 cm³/mol. The van der Waals surface area contributed by atoms with Gasteiger partial charge in [-0.25, -0.2) is 0 Å². The van der Waals surface area contributed by atoms with Crippen molar-refractivity contribution in [2.75, 3.05) is 19.6 Å². The summed E-state index contributed by atoms with van der Waals surface area (Å²) in [5.41, 5.74) is 0. The van der Waals surface area contributed by atoms with Crippen molar-refractivity contribution in [3.63, 3.8) is 0 Å². The maximum atomic E-state index is 10.7. The lowest BCUT2D eigenvalue weighted by molar-refractivity contribution is -0.137. The number of hydrogen-bond donors (Lipinski definition) is 2. The molecule has 0 aromatic heterocycles. The fourth-order valence-corrected chi connectivity index (χ4v) is 3.47. The van der Waals surface area contributed by atoms with E-state index >= 15 is 0 Å². The van der Waals surface area contributed by atoms with Crippen molar-refractivity contribution in [1.82, 2.24) is 10.2 Å². The molecule has 1 saturated heterocycles. The molecular formula is C15H28N2O2. The number of nitrogens with zero attached hydrogens (tertiary/aromatic N) is 1. The third-order valence-electron chi connectivity index (χ3n) is 4.56. The summed E-state index contributed by atoms with van der Waals surface area (Å²) in [5.74, 6) is -0.674. The monoisotopic (exact) mass is 268 g/mol. The first-order chi connectivity index (χ1) is 9.25. The molecule has 0 spiro atoms. The number of hydrogen-bond acceptors (Lipinski definition) is 3. The lowest BCUT2D eigenvalue weighted by atomic mass is 10.0. The SMILES string of the molecule is O=C(O)CCC1CN(C2CCCCCC2)CCCN1. The van der Waals surface area contributed by atoms with Gasteiger partial charge in [0, 0.05) is 25.0 Å². The lowest BCUT2D eigenvalue weighted by Gasteiger charge is -2.32. The van der Waals surface area contributed by atoms with Crippen LogP contribution >= 0.6 is 0 Å². The second kappa shape index (κ2) is 7.85. The van der Waals surface area contributed by atoms with Crippen molar-refractivity contribution in [3.05, 3.63) is 0 Å². The molecule has 1 saturated carbocycles. The molecule has 4 heteroatoms. The summed E-state index contributed by atoms with van der Waals surface area (Å²) in [6, 6.07) is 1.11. The van der Waals surface area contributed by atoms with Gasteiger partial charge in [0.25, 0.3) is 0 Å². The average Bonchev–Trinajstić information content (AvgIpc) is 2.78. The van der Waals surface area contributed by atoms with Crippen LogP contribution in [-0.4, -0.2) is 47.7 Å². The molecule has 0 radical (unpaired) electrons. The van der Waals surface area contributed by atoms with Crippen LogP contribution in [0.15, 0.2) is 0 Å². The van der Waals surface area contributed by atoms with Gasteiger partial charge >= 0.3 is 5.97 Å². The molecule has 110 valence electrons. The molecule has 19 heavy (non-hydrogen) atoms. The van der Waals surface area contributed by atoms with Gasteiger partial charge in [-0.1, -0.05) is 25.7 Å². The van der Waals surface area contributed by atoms with Crippen LogP contribution in [0.1, 0.15) is 57.8 Å². The van der Waals surface area contributed by atoms with E-state index in [2.05, 4.69) is 10.2 Å². The number of rotatable bonds is 4. The highest BCUT2D eigenvalue weighted by atomic mass is 16.4. The number of aliphatic carboxylic acids is 1. The molecule has 0 amide bonds. The zero-order chi connectivity index (χ0) is 13.5. The van der Waals surface area contributed by atoms with Crippen molar-refractivity contribution in [3.8, 4) is 0 Å². The Kier molecular flexibility index (Phi) is 6.11. The first-order valence-corrected chi connectivity index (χ1v) is 7.95. The third kappa shape index (κ3) is 5.11. The first-order valence-electron chi connectivity index (χ1n) is 7.95. The van der Waals surface area contributed by atoms with E-state index in [0.29, 0.717) is 6.04 Å². The van der Waals surface area contributed by atoms with Crippen molar-refractivity contribution in [2.24, 2.45) is 0 Å². The number of nitrogens with one attached hydrogen (secondary N) is 1. The summed E-state index contributed by atoms with van der Waals surface area (Å²) in [5, 5.41) is 12.3. The summed E-state index contributed by atoms with van der Waals surface area (Å²) in [6.45, 7) is 3.26. The van der Waals surface area contributed by atoms with Gasteiger partial charge in [-0.05, 0) is 38.8 Å². The quantitative estimate of drug-likeness (QED) is 0.768. The van der Waals surface area contributed by atoms with Crippen LogP contribution in [0.3, 0.4) is 0 Å². The summed E-state index contributed by atoms with van der Waals surface area (Å²) in [6.07, 6.45) is 10.4. The van der Waals surface area contributed by atoms with Gasteiger partial charge in [-0.3, -0.25) is 9.69 Å². The Labute approximate surface area is 116 Å². The fraction of sp³-hybridized carbons (Fsp3) is 0.933. The average molecular weight is 268 g/mol. The summed E-state index contributed by atoms with van der Waals surface area (Å²) < 4.78 is 0. The van der Waals surface area contributed by atoms with E-state index < -0.39 is 5.97 Å². The molecule has 0 bridgehead atoms. The lowest BCUT2D eigenvalue weighted by Crippen LogP contribution is -2.42. The largest absolute Gasteiger partial charge is 0.481 e. The Bertz CT molecular complexity index is 275. The van der Waals surface area contributed by atoms with Crippen LogP contribution in [0.2, 0.25) is 0 Å². The molecule has 1 heterocycles. The molecule has 0 aromatic carbocycles. The zero-order valence-electron chi connectivity index (χ0n) is 11.9. The van der Waals surface area contributed by atoms with Crippen LogP contribution in [-0.2, 0) is 4.79 Å². The topological polar surface area (TPSA) is 52.6 Å². The maximum Gasteiger partial charge on any atom is 0.303 e. The molecule has 1 aliphatic carbocycles. The fourth-order valence-electron chi connectivity index (χ4n) is 3.47. The molecule has 2 N–H and O–H groups in total. The summed E-state index contributed by atoms with van der Waals surface area (Å²) in [4.78, 5) is 13.4. The van der Waals surface area contributed by atoms with E-state index in [0.717, 1.165) is 25.6 Å². The minimum atomic E-state index is -0.674. The van der Waals surface area contributed by atoms with Crippen molar-refractivity contribution < 1.29 is 9.90 Å². The van der Waals surface area contributed by atoms with E-state index in [1.807, 2.05) is 0 Å². The number of carboxylic acid groups (broad SMARTS) is 1. The standard InChI is InChI=1S/C15H28N2O2/c18-15(19)9-8-13-12-17(11-5-10-16-13)14-6-3-1-2-4-7-14/h13-14,16H,1-12H2,(H,18,19). The highest BCUT2D eigenvalue weighted by Gasteiger charge is 2.24. The van der Waals surface area contributed by atoms with Gasteiger partial charge in [-0.15, -0.1) is 0 Å². The Hall–Kier alpha value is -0.610. The summed E-state index contributed by atoms with van der Waals surface area (Å²) in [7, 11) is 0. The van der Waals surface area contributed by atoms with Crippen molar-refractivity contribution in [1.29, 1.82) is 0 Å². The van der Waals surface area contributed by atoms with Gasteiger partial charge < -0.3 is 10.4 Å². The zero-order valence-corrected chi connectivity index (χ0v) is 11.9. The molecule has 1 aliphatic heterocycles. The molecular weight excluding hydrogens is 240 g/mol. The molecule has 1 unspecified atom stereocenters. The van der Waals surface area contributed by atoms with Crippen molar-refractivity contribution >= 4 is 5.97 Å². The van der Waals surface area contributed by atoms with Gasteiger partial charge in [0.15, 0.2) is 0 Å². The minimum absolute atomic E-state index is 0.288. The Balaban J connectivity index is 1.85. The molecule has 1 atom stereocenters. The van der Waals surface area contributed by atoms with Gasteiger partial charge in [0.05, 0.1) is 0 Å². The highest BCUT2D eigenvalue weighted by Crippen LogP contribution is 2.23. The minimum Gasteiger partial charge on any atom is -0.481 e. The number of carbonyl (C=O) groups is 1. The van der Waals surface area contributed by atoms with E-state index in [4.69, 9.17) is 5.11 Å². The van der Waals surface area contributed by atoms with Gasteiger partial charge in [0.1, 0.15) is 0 Å². The van der Waals surface area contributed by atoms with E-state index in [1.165, 1.54) is 51.5 Å².